The van der Waals surface area contributed by atoms with Crippen LogP contribution < -0.4 is 0 Å². The minimum atomic E-state index is -0.526. The van der Waals surface area contributed by atoms with Gasteiger partial charge < -0.3 is 4.42 Å². The Hall–Kier alpha value is -7.24. The average Bonchev–Trinajstić information content (AvgIpc) is 3.88. The fourth-order valence-electron chi connectivity index (χ4n) is 9.23. The molecule has 3 aromatic heterocycles. The molecule has 3 heterocycles. The number of para-hydroxylation sites is 1. The van der Waals surface area contributed by atoms with Crippen molar-refractivity contribution in [2.24, 2.45) is 0 Å². The molecule has 7 aromatic carbocycles. The average molecular weight is 689 g/mol. The van der Waals surface area contributed by atoms with Crippen LogP contribution in [0.2, 0.25) is 0 Å². The highest BCUT2D eigenvalue weighted by Gasteiger charge is 2.53. The van der Waals surface area contributed by atoms with Crippen LogP contribution in [0.4, 0.5) is 0 Å². The van der Waals surface area contributed by atoms with Gasteiger partial charge >= 0.3 is 0 Å². The van der Waals surface area contributed by atoms with Gasteiger partial charge in [-0.3, -0.25) is 0 Å². The molecule has 0 fully saturated rings. The van der Waals surface area contributed by atoms with Crippen molar-refractivity contribution in [3.8, 4) is 56.7 Å². The van der Waals surface area contributed by atoms with E-state index in [2.05, 4.69) is 109 Å². The number of hydrogen-bond donors (Lipinski definition) is 0. The van der Waals surface area contributed by atoms with E-state index in [9.17, 15) is 0 Å². The summed E-state index contributed by atoms with van der Waals surface area (Å²) in [5, 5.41) is 4.12. The first-order valence-corrected chi connectivity index (χ1v) is 18.2. The Morgan fingerprint density at radius 1 is 0.352 bits per heavy atom. The van der Waals surface area contributed by atoms with E-state index >= 15 is 0 Å². The smallest absolute Gasteiger partial charge is 0.183 e. The van der Waals surface area contributed by atoms with Crippen LogP contribution in [-0.2, 0) is 5.41 Å². The van der Waals surface area contributed by atoms with Crippen LogP contribution >= 0.6 is 0 Å². The molecule has 54 heavy (non-hydrogen) atoms. The van der Waals surface area contributed by atoms with Crippen molar-refractivity contribution in [2.75, 3.05) is 0 Å². The van der Waals surface area contributed by atoms with Gasteiger partial charge in [0.25, 0.3) is 0 Å². The van der Waals surface area contributed by atoms with Gasteiger partial charge in [-0.2, -0.15) is 0 Å². The van der Waals surface area contributed by atoms with Crippen LogP contribution in [0, 0.1) is 0 Å². The SMILES string of the molecule is c1ccc(-c2nc(-c3nc4c(c5ccccc35)C3(c5ccccc5-c5ccccc53)c3ccccc3-4)nc(-c3cccc4oc5ccccc5c34)n2)cc1. The molecule has 0 saturated heterocycles. The van der Waals surface area contributed by atoms with Gasteiger partial charge in [-0.25, -0.2) is 19.9 Å². The predicted octanol–water partition coefficient (Wildman–Crippen LogP) is 11.7. The number of pyridine rings is 1. The van der Waals surface area contributed by atoms with E-state index in [4.69, 9.17) is 24.4 Å². The molecular formula is C49H28N4O. The Labute approximate surface area is 310 Å². The van der Waals surface area contributed by atoms with Gasteiger partial charge in [-0.05, 0) is 45.3 Å². The van der Waals surface area contributed by atoms with Crippen molar-refractivity contribution in [2.45, 2.75) is 5.41 Å². The maximum Gasteiger partial charge on any atom is 0.183 e. The predicted molar refractivity (Wildman–Crippen MR) is 215 cm³/mol. The second-order valence-electron chi connectivity index (χ2n) is 14.1. The van der Waals surface area contributed by atoms with Gasteiger partial charge in [0, 0.05) is 38.4 Å². The molecule has 1 spiro atoms. The summed E-state index contributed by atoms with van der Waals surface area (Å²) in [4.78, 5) is 21.3. The zero-order chi connectivity index (χ0) is 35.4. The minimum absolute atomic E-state index is 0.522. The third-order valence-corrected chi connectivity index (χ3v) is 11.3. The number of benzene rings is 7. The van der Waals surface area contributed by atoms with Gasteiger partial charge in [-0.15, -0.1) is 0 Å². The minimum Gasteiger partial charge on any atom is -0.456 e. The molecule has 250 valence electrons. The molecule has 2 aliphatic carbocycles. The normalized spacial score (nSPS) is 13.3. The van der Waals surface area contributed by atoms with Crippen molar-refractivity contribution < 1.29 is 4.42 Å². The van der Waals surface area contributed by atoms with Gasteiger partial charge in [0.1, 0.15) is 16.9 Å². The standard InChI is InChI=1S/C49H28N4O/c1-2-15-29(16-3-1)46-51-47(36-23-14-28-41-42(36)35-22-9-13-27-40(35)54-41)53-48(52-46)45-33-20-5-4-19-32(33)43-44(50-45)34-21-8-12-26-39(34)49(43)37-24-10-6-17-30(37)31-18-7-11-25-38(31)49/h1-28H. The van der Waals surface area contributed by atoms with Crippen molar-refractivity contribution in [3.05, 3.63) is 192 Å². The van der Waals surface area contributed by atoms with Gasteiger partial charge in [0.2, 0.25) is 0 Å². The van der Waals surface area contributed by atoms with Crippen LogP contribution in [-0.4, -0.2) is 19.9 Å². The van der Waals surface area contributed by atoms with Crippen LogP contribution in [0.5, 0.6) is 0 Å². The largest absolute Gasteiger partial charge is 0.456 e. The van der Waals surface area contributed by atoms with E-state index in [1.54, 1.807) is 0 Å². The Kier molecular flexibility index (Phi) is 5.92. The van der Waals surface area contributed by atoms with Crippen molar-refractivity contribution >= 4 is 32.7 Å². The molecule has 0 atom stereocenters. The van der Waals surface area contributed by atoms with Crippen molar-refractivity contribution in [1.82, 2.24) is 19.9 Å². The molecule has 10 aromatic rings. The van der Waals surface area contributed by atoms with E-state index in [0.29, 0.717) is 17.5 Å². The summed E-state index contributed by atoms with van der Waals surface area (Å²) >= 11 is 0. The number of fused-ring (bicyclic) bond motifs is 15. The monoisotopic (exact) mass is 688 g/mol. The Balaban J connectivity index is 1.19. The summed E-state index contributed by atoms with van der Waals surface area (Å²) < 4.78 is 6.30. The lowest BCUT2D eigenvalue weighted by molar-refractivity contribution is 0.669. The van der Waals surface area contributed by atoms with Crippen LogP contribution in [0.15, 0.2) is 174 Å². The lowest BCUT2D eigenvalue weighted by Gasteiger charge is -2.31. The highest BCUT2D eigenvalue weighted by Crippen LogP contribution is 2.64. The first kappa shape index (κ1) is 29.3. The maximum atomic E-state index is 6.30. The van der Waals surface area contributed by atoms with Crippen LogP contribution in [0.25, 0.3) is 89.4 Å². The van der Waals surface area contributed by atoms with Gasteiger partial charge in [0.15, 0.2) is 17.5 Å². The Morgan fingerprint density at radius 3 is 1.65 bits per heavy atom. The van der Waals surface area contributed by atoms with E-state index in [-0.39, 0.29) is 0 Å². The summed E-state index contributed by atoms with van der Waals surface area (Å²) in [6.07, 6.45) is 0. The fraction of sp³-hybridized carbons (Fsp3) is 0.0204. The third kappa shape index (κ3) is 3.82. The second kappa shape index (κ2) is 10.9. The third-order valence-electron chi connectivity index (χ3n) is 11.3. The van der Waals surface area contributed by atoms with E-state index < -0.39 is 5.41 Å². The molecule has 0 unspecified atom stereocenters. The maximum absolute atomic E-state index is 6.30. The molecule has 5 nitrogen and oxygen atoms in total. The highest BCUT2D eigenvalue weighted by atomic mass is 16.3. The van der Waals surface area contributed by atoms with E-state index in [1.807, 2.05) is 60.7 Å². The molecule has 0 radical (unpaired) electrons. The van der Waals surface area contributed by atoms with Crippen molar-refractivity contribution in [3.63, 3.8) is 0 Å². The summed E-state index contributed by atoms with van der Waals surface area (Å²) in [7, 11) is 0. The molecule has 5 heteroatoms. The number of rotatable bonds is 3. The molecule has 0 amide bonds. The Bertz CT molecular complexity index is 3140. The summed E-state index contributed by atoms with van der Waals surface area (Å²) in [6.45, 7) is 0. The second-order valence-corrected chi connectivity index (χ2v) is 14.1. The highest BCUT2D eigenvalue weighted by molar-refractivity contribution is 6.12. The topological polar surface area (TPSA) is 64.7 Å². The van der Waals surface area contributed by atoms with Gasteiger partial charge in [-0.1, -0.05) is 158 Å². The fourth-order valence-corrected chi connectivity index (χ4v) is 9.23. The number of nitrogens with zero attached hydrogens (tertiary/aromatic N) is 4. The summed E-state index contributed by atoms with van der Waals surface area (Å²) in [5.74, 6) is 1.67. The summed E-state index contributed by atoms with van der Waals surface area (Å²) in [6, 6.07) is 59.5. The molecule has 0 bridgehead atoms. The summed E-state index contributed by atoms with van der Waals surface area (Å²) in [5.41, 5.74) is 13.2. The quantitative estimate of drug-likeness (QED) is 0.185. The first-order valence-electron chi connectivity index (χ1n) is 18.2. The first-order chi connectivity index (χ1) is 26.8. The zero-order valence-corrected chi connectivity index (χ0v) is 28.9. The van der Waals surface area contributed by atoms with Gasteiger partial charge in [0.05, 0.1) is 11.1 Å². The lowest BCUT2D eigenvalue weighted by atomic mass is 9.69. The molecule has 2 aliphatic rings. The van der Waals surface area contributed by atoms with Crippen LogP contribution in [0.1, 0.15) is 22.3 Å². The van der Waals surface area contributed by atoms with E-state index in [0.717, 1.165) is 60.8 Å². The molecule has 0 saturated carbocycles. The molecular weight excluding hydrogens is 661 g/mol. The Morgan fingerprint density at radius 2 is 0.889 bits per heavy atom. The molecule has 0 N–H and O–H groups in total. The molecule has 0 aliphatic heterocycles. The molecule has 12 rings (SSSR count). The number of furan rings is 1. The number of aromatic nitrogens is 4. The zero-order valence-electron chi connectivity index (χ0n) is 28.9. The lowest BCUT2D eigenvalue weighted by Crippen LogP contribution is -2.26. The van der Waals surface area contributed by atoms with Crippen molar-refractivity contribution in [1.29, 1.82) is 0 Å². The number of hydrogen-bond acceptors (Lipinski definition) is 5. The van der Waals surface area contributed by atoms with Crippen LogP contribution in [0.3, 0.4) is 0 Å². The van der Waals surface area contributed by atoms with E-state index in [1.165, 1.54) is 33.4 Å².